The van der Waals surface area contributed by atoms with Gasteiger partial charge in [-0.15, -0.1) is 11.3 Å². The molecule has 50 valence electrons. The molecule has 0 N–H and O–H groups in total. The summed E-state index contributed by atoms with van der Waals surface area (Å²) in [5, 5.41) is 3.13. The molecule has 0 aliphatic carbocycles. The van der Waals surface area contributed by atoms with E-state index < -0.39 is 0 Å². The summed E-state index contributed by atoms with van der Waals surface area (Å²) in [5.41, 5.74) is 1.10. The monoisotopic (exact) mass is 142 g/mol. The molecule has 0 aliphatic rings. The Balaban J connectivity index is 2.85. The first kappa shape index (κ1) is 6.55. The van der Waals surface area contributed by atoms with Crippen LogP contribution in [0.4, 0.5) is 5.13 Å². The van der Waals surface area contributed by atoms with E-state index in [2.05, 4.69) is 10.4 Å². The number of aryl methyl sites for hydroxylation is 1. The van der Waals surface area contributed by atoms with Gasteiger partial charge in [-0.3, -0.25) is 0 Å². The van der Waals surface area contributed by atoms with Crippen LogP contribution in [0.25, 0.3) is 0 Å². The number of anilines is 1. The lowest BCUT2D eigenvalue weighted by Gasteiger charge is -2.04. The van der Waals surface area contributed by atoms with E-state index in [4.69, 9.17) is 0 Å². The first-order chi connectivity index (χ1) is 4.20. The minimum atomic E-state index is 1.08. The third kappa shape index (κ3) is 1.42. The van der Waals surface area contributed by atoms with Crippen molar-refractivity contribution in [2.24, 2.45) is 0 Å². The fourth-order valence-electron chi connectivity index (χ4n) is 0.547. The molecule has 3 heteroatoms. The average Bonchev–Trinajstić information content (AvgIpc) is 2.14. The number of nitrogens with zero attached hydrogens (tertiary/aromatic N) is 2. The van der Waals surface area contributed by atoms with Gasteiger partial charge >= 0.3 is 0 Å². The van der Waals surface area contributed by atoms with Gasteiger partial charge in [0.25, 0.3) is 0 Å². The summed E-state index contributed by atoms with van der Waals surface area (Å²) in [5.74, 6) is 0. The van der Waals surface area contributed by atoms with Gasteiger partial charge in [0.15, 0.2) is 5.13 Å². The Labute approximate surface area is 59.1 Å². The van der Waals surface area contributed by atoms with Crippen LogP contribution in [-0.2, 0) is 0 Å². The molecule has 0 radical (unpaired) electrons. The van der Waals surface area contributed by atoms with Crippen molar-refractivity contribution in [3.05, 3.63) is 11.1 Å². The molecular weight excluding hydrogens is 132 g/mol. The Bertz CT molecular complexity index is 193. The van der Waals surface area contributed by atoms with Crippen molar-refractivity contribution < 1.29 is 0 Å². The average molecular weight is 142 g/mol. The summed E-state index contributed by atoms with van der Waals surface area (Å²) in [7, 11) is 4.00. The molecule has 0 saturated carbocycles. The number of aromatic nitrogens is 1. The van der Waals surface area contributed by atoms with Crippen molar-refractivity contribution in [1.29, 1.82) is 0 Å². The molecule has 0 amide bonds. The van der Waals surface area contributed by atoms with Crippen LogP contribution in [0.15, 0.2) is 5.38 Å². The minimum Gasteiger partial charge on any atom is -0.354 e. The molecule has 0 saturated heterocycles. The van der Waals surface area contributed by atoms with Gasteiger partial charge in [-0.05, 0) is 6.92 Å². The maximum Gasteiger partial charge on any atom is 0.184 e. The smallest absolute Gasteiger partial charge is 0.184 e. The summed E-state index contributed by atoms with van der Waals surface area (Å²) < 4.78 is 0. The lowest BCUT2D eigenvalue weighted by Crippen LogP contribution is -2.07. The second-order valence-electron chi connectivity index (χ2n) is 2.17. The normalized spacial score (nSPS) is 9.67. The molecule has 1 rings (SSSR count). The predicted molar refractivity (Wildman–Crippen MR) is 41.2 cm³/mol. The molecule has 2 nitrogen and oxygen atoms in total. The maximum atomic E-state index is 4.25. The first-order valence-electron chi connectivity index (χ1n) is 2.79. The molecule has 9 heavy (non-hydrogen) atoms. The Morgan fingerprint density at radius 1 is 1.56 bits per heavy atom. The van der Waals surface area contributed by atoms with Crippen molar-refractivity contribution in [2.45, 2.75) is 6.92 Å². The molecule has 0 atom stereocenters. The molecule has 0 unspecified atom stereocenters. The van der Waals surface area contributed by atoms with E-state index in [1.54, 1.807) is 11.3 Å². The highest BCUT2D eigenvalue weighted by Gasteiger charge is 1.97. The van der Waals surface area contributed by atoms with Crippen LogP contribution in [0.3, 0.4) is 0 Å². The van der Waals surface area contributed by atoms with Gasteiger partial charge in [-0.1, -0.05) is 0 Å². The molecule has 0 spiro atoms. The summed E-state index contributed by atoms with van der Waals surface area (Å²) in [4.78, 5) is 6.27. The van der Waals surface area contributed by atoms with Gasteiger partial charge in [0.1, 0.15) is 0 Å². The van der Waals surface area contributed by atoms with E-state index in [0.717, 1.165) is 10.8 Å². The SMILES string of the molecule is Cc1csc(N(C)C)n1. The second kappa shape index (κ2) is 2.35. The van der Waals surface area contributed by atoms with E-state index in [0.29, 0.717) is 0 Å². The molecule has 0 aromatic carbocycles. The third-order valence-electron chi connectivity index (χ3n) is 0.989. The quantitative estimate of drug-likeness (QED) is 0.591. The number of hydrogen-bond donors (Lipinski definition) is 0. The minimum absolute atomic E-state index is 1.08. The Morgan fingerprint density at radius 2 is 2.22 bits per heavy atom. The van der Waals surface area contributed by atoms with E-state index >= 15 is 0 Å². The fourth-order valence-corrected chi connectivity index (χ4v) is 1.28. The van der Waals surface area contributed by atoms with Crippen LogP contribution in [0.2, 0.25) is 0 Å². The first-order valence-corrected chi connectivity index (χ1v) is 3.67. The Hall–Kier alpha value is -0.570. The molecular formula is C6H10N2S. The number of rotatable bonds is 1. The molecule has 1 heterocycles. The number of thiazole rings is 1. The van der Waals surface area contributed by atoms with Crippen LogP contribution in [0, 0.1) is 6.92 Å². The van der Waals surface area contributed by atoms with Gasteiger partial charge in [-0.2, -0.15) is 0 Å². The third-order valence-corrected chi connectivity index (χ3v) is 2.12. The predicted octanol–water partition coefficient (Wildman–Crippen LogP) is 1.52. The van der Waals surface area contributed by atoms with Gasteiger partial charge in [-0.25, -0.2) is 4.98 Å². The summed E-state index contributed by atoms with van der Waals surface area (Å²) >= 11 is 1.67. The van der Waals surface area contributed by atoms with Gasteiger partial charge in [0, 0.05) is 19.5 Å². The Kier molecular flexibility index (Phi) is 1.71. The van der Waals surface area contributed by atoms with E-state index in [-0.39, 0.29) is 0 Å². The fraction of sp³-hybridized carbons (Fsp3) is 0.500. The molecule has 1 aromatic rings. The second-order valence-corrected chi connectivity index (χ2v) is 3.00. The van der Waals surface area contributed by atoms with E-state index in [1.807, 2.05) is 25.9 Å². The maximum absolute atomic E-state index is 4.25. The highest BCUT2D eigenvalue weighted by atomic mass is 32.1. The molecule has 0 bridgehead atoms. The van der Waals surface area contributed by atoms with Crippen molar-refractivity contribution in [3.63, 3.8) is 0 Å². The van der Waals surface area contributed by atoms with Crippen LogP contribution in [0.5, 0.6) is 0 Å². The lowest BCUT2D eigenvalue weighted by atomic mass is 10.6. The highest BCUT2D eigenvalue weighted by molar-refractivity contribution is 7.13. The van der Waals surface area contributed by atoms with E-state index in [9.17, 15) is 0 Å². The largest absolute Gasteiger partial charge is 0.354 e. The van der Waals surface area contributed by atoms with Gasteiger partial charge < -0.3 is 4.90 Å². The van der Waals surface area contributed by atoms with Crippen LogP contribution < -0.4 is 4.90 Å². The number of hydrogen-bond acceptors (Lipinski definition) is 3. The van der Waals surface area contributed by atoms with Crippen LogP contribution in [0.1, 0.15) is 5.69 Å². The zero-order chi connectivity index (χ0) is 6.85. The Morgan fingerprint density at radius 3 is 2.44 bits per heavy atom. The molecule has 1 aromatic heterocycles. The summed E-state index contributed by atoms with van der Waals surface area (Å²) in [6.45, 7) is 2.00. The van der Waals surface area contributed by atoms with Crippen molar-refractivity contribution in [1.82, 2.24) is 4.98 Å². The van der Waals surface area contributed by atoms with Gasteiger partial charge in [0.05, 0.1) is 5.69 Å². The molecule has 0 fully saturated rings. The lowest BCUT2D eigenvalue weighted by molar-refractivity contribution is 1.09. The zero-order valence-corrected chi connectivity index (χ0v) is 6.70. The standard InChI is InChI=1S/C6H10N2S/c1-5-4-9-6(7-5)8(2)3/h4H,1-3H3. The molecule has 0 aliphatic heterocycles. The highest BCUT2D eigenvalue weighted by Crippen LogP contribution is 2.16. The summed E-state index contributed by atoms with van der Waals surface area (Å²) in [6.07, 6.45) is 0. The van der Waals surface area contributed by atoms with Crippen LogP contribution >= 0.6 is 11.3 Å². The zero-order valence-electron chi connectivity index (χ0n) is 5.88. The van der Waals surface area contributed by atoms with Crippen molar-refractivity contribution >= 4 is 16.5 Å². The topological polar surface area (TPSA) is 16.1 Å². The van der Waals surface area contributed by atoms with Crippen LogP contribution in [-0.4, -0.2) is 19.1 Å². The van der Waals surface area contributed by atoms with Gasteiger partial charge in [0.2, 0.25) is 0 Å². The summed E-state index contributed by atoms with van der Waals surface area (Å²) in [6, 6.07) is 0. The van der Waals surface area contributed by atoms with E-state index in [1.165, 1.54) is 0 Å². The van der Waals surface area contributed by atoms with Crippen molar-refractivity contribution in [2.75, 3.05) is 19.0 Å². The van der Waals surface area contributed by atoms with Crippen molar-refractivity contribution in [3.8, 4) is 0 Å².